The van der Waals surface area contributed by atoms with Crippen LogP contribution in [0.3, 0.4) is 0 Å². The van der Waals surface area contributed by atoms with Crippen LogP contribution < -0.4 is 5.32 Å². The number of hydrogen-bond donors (Lipinski definition) is 1. The number of aryl methyl sites for hydroxylation is 1. The molecule has 25 heavy (non-hydrogen) atoms. The van der Waals surface area contributed by atoms with Crippen LogP contribution in [0.4, 0.5) is 10.3 Å². The third-order valence-corrected chi connectivity index (χ3v) is 5.08. The highest BCUT2D eigenvalue weighted by atomic mass is 35.5. The second-order valence-corrected chi connectivity index (χ2v) is 6.61. The smallest absolute Gasteiger partial charge is 0.222 e. The van der Waals surface area contributed by atoms with Crippen LogP contribution in [-0.2, 0) is 6.42 Å². The molecule has 2 heterocycles. The first-order valence-electron chi connectivity index (χ1n) is 8.36. The highest BCUT2D eigenvalue weighted by molar-refractivity contribution is 6.31. The van der Waals surface area contributed by atoms with Crippen molar-refractivity contribution in [1.82, 2.24) is 14.8 Å². The van der Waals surface area contributed by atoms with E-state index in [9.17, 15) is 4.39 Å². The van der Waals surface area contributed by atoms with Gasteiger partial charge in [0.05, 0.1) is 12.1 Å². The monoisotopic (exact) mass is 356 g/mol. The van der Waals surface area contributed by atoms with Crippen LogP contribution in [0.15, 0.2) is 48.8 Å². The summed E-state index contributed by atoms with van der Waals surface area (Å²) in [6.45, 7) is 2.13. The zero-order chi connectivity index (χ0) is 17.4. The fourth-order valence-corrected chi connectivity index (χ4v) is 3.68. The van der Waals surface area contributed by atoms with Crippen molar-refractivity contribution in [3.05, 3.63) is 76.3 Å². The number of rotatable bonds is 3. The van der Waals surface area contributed by atoms with Crippen LogP contribution in [0.2, 0.25) is 5.02 Å². The summed E-state index contributed by atoms with van der Waals surface area (Å²) in [5.74, 6) is 0.307. The Hall–Kier alpha value is -2.40. The molecule has 2 aromatic carbocycles. The molecule has 0 spiro atoms. The van der Waals surface area contributed by atoms with Crippen LogP contribution in [0.5, 0.6) is 0 Å². The molecular formula is C19H18ClFN4. The zero-order valence-corrected chi connectivity index (χ0v) is 14.5. The molecule has 4 nitrogen and oxygen atoms in total. The minimum absolute atomic E-state index is 0.0169. The molecule has 4 rings (SSSR count). The fourth-order valence-electron chi connectivity index (χ4n) is 3.39. The number of nitrogens with zero attached hydrogens (tertiary/aromatic N) is 3. The molecule has 1 aliphatic heterocycles. The van der Waals surface area contributed by atoms with Gasteiger partial charge in [-0.1, -0.05) is 48.9 Å². The second kappa shape index (κ2) is 6.48. The summed E-state index contributed by atoms with van der Waals surface area (Å²) in [4.78, 5) is 4.28. The van der Waals surface area contributed by atoms with Gasteiger partial charge in [0.1, 0.15) is 12.1 Å². The predicted molar refractivity (Wildman–Crippen MR) is 96.4 cm³/mol. The van der Waals surface area contributed by atoms with Gasteiger partial charge in [-0.3, -0.25) is 0 Å². The molecule has 0 saturated carbocycles. The van der Waals surface area contributed by atoms with Gasteiger partial charge in [0.25, 0.3) is 0 Å². The number of nitrogens with one attached hydrogen (secondary N) is 1. The molecule has 0 amide bonds. The first kappa shape index (κ1) is 16.1. The topological polar surface area (TPSA) is 42.7 Å². The molecule has 0 bridgehead atoms. The molecule has 128 valence electrons. The van der Waals surface area contributed by atoms with E-state index in [-0.39, 0.29) is 17.9 Å². The minimum Gasteiger partial charge on any atom is -0.348 e. The van der Waals surface area contributed by atoms with Crippen molar-refractivity contribution in [1.29, 1.82) is 0 Å². The van der Waals surface area contributed by atoms with Gasteiger partial charge >= 0.3 is 0 Å². The molecule has 0 fully saturated rings. The van der Waals surface area contributed by atoms with Gasteiger partial charge in [-0.2, -0.15) is 10.1 Å². The van der Waals surface area contributed by atoms with Crippen molar-refractivity contribution in [2.45, 2.75) is 31.8 Å². The lowest BCUT2D eigenvalue weighted by Crippen LogP contribution is -2.28. The molecule has 6 heteroatoms. The van der Waals surface area contributed by atoms with Crippen LogP contribution in [0.1, 0.15) is 42.1 Å². The van der Waals surface area contributed by atoms with Crippen molar-refractivity contribution >= 4 is 17.5 Å². The number of aromatic nitrogens is 3. The third-order valence-electron chi connectivity index (χ3n) is 4.75. The molecular weight excluding hydrogens is 339 g/mol. The maximum absolute atomic E-state index is 14.5. The Bertz CT molecular complexity index is 870. The van der Waals surface area contributed by atoms with Gasteiger partial charge in [0.15, 0.2) is 0 Å². The standard InChI is InChI=1S/C19H18ClFN4/c1-2-12-6-8-13(9-7-12)16-10-17(25-19(24-16)22-11-23-25)18-14(20)4-3-5-15(18)21/h3-9,11,16-17H,2,10H2,1H3,(H,22,23,24). The van der Waals surface area contributed by atoms with Crippen molar-refractivity contribution in [2.24, 2.45) is 0 Å². The Labute approximate surface area is 150 Å². The molecule has 1 N–H and O–H groups in total. The van der Waals surface area contributed by atoms with Gasteiger partial charge in [-0.05, 0) is 36.1 Å². The molecule has 0 aliphatic carbocycles. The van der Waals surface area contributed by atoms with E-state index in [1.54, 1.807) is 16.8 Å². The summed E-state index contributed by atoms with van der Waals surface area (Å²) in [6.07, 6.45) is 3.12. The summed E-state index contributed by atoms with van der Waals surface area (Å²) in [5.41, 5.74) is 2.90. The summed E-state index contributed by atoms with van der Waals surface area (Å²) < 4.78 is 16.2. The summed E-state index contributed by atoms with van der Waals surface area (Å²) >= 11 is 6.31. The maximum Gasteiger partial charge on any atom is 0.222 e. The number of fused-ring (bicyclic) bond motifs is 1. The Morgan fingerprint density at radius 3 is 2.76 bits per heavy atom. The van der Waals surface area contributed by atoms with Crippen LogP contribution >= 0.6 is 11.6 Å². The Kier molecular flexibility index (Phi) is 4.17. The van der Waals surface area contributed by atoms with Gasteiger partial charge in [0.2, 0.25) is 5.95 Å². The average Bonchev–Trinajstić information content (AvgIpc) is 3.10. The Morgan fingerprint density at radius 1 is 1.24 bits per heavy atom. The molecule has 1 aromatic heterocycles. The lowest BCUT2D eigenvalue weighted by atomic mass is 9.92. The highest BCUT2D eigenvalue weighted by Crippen LogP contribution is 2.40. The van der Waals surface area contributed by atoms with Gasteiger partial charge in [-0.15, -0.1) is 0 Å². The summed E-state index contributed by atoms with van der Waals surface area (Å²) in [5, 5.41) is 8.07. The van der Waals surface area contributed by atoms with Gasteiger partial charge in [-0.25, -0.2) is 9.07 Å². The largest absolute Gasteiger partial charge is 0.348 e. The molecule has 2 atom stereocenters. The van der Waals surface area contributed by atoms with E-state index in [4.69, 9.17) is 11.6 Å². The van der Waals surface area contributed by atoms with E-state index in [2.05, 4.69) is 46.6 Å². The molecule has 0 saturated heterocycles. The van der Waals surface area contributed by atoms with Gasteiger partial charge in [0, 0.05) is 10.6 Å². The van der Waals surface area contributed by atoms with Crippen molar-refractivity contribution in [2.75, 3.05) is 5.32 Å². The summed E-state index contributed by atoms with van der Waals surface area (Å²) in [7, 11) is 0. The third kappa shape index (κ3) is 2.89. The van der Waals surface area contributed by atoms with Crippen LogP contribution in [0, 0.1) is 5.82 Å². The molecule has 1 aliphatic rings. The maximum atomic E-state index is 14.5. The van der Waals surface area contributed by atoms with E-state index in [1.165, 1.54) is 18.0 Å². The van der Waals surface area contributed by atoms with Crippen LogP contribution in [0.25, 0.3) is 0 Å². The normalized spacial score (nSPS) is 19.3. The predicted octanol–water partition coefficient (Wildman–Crippen LogP) is 4.78. The Balaban J connectivity index is 1.75. The quantitative estimate of drug-likeness (QED) is 0.734. The lowest BCUT2D eigenvalue weighted by Gasteiger charge is -2.32. The molecule has 2 unspecified atom stereocenters. The average molecular weight is 357 g/mol. The first-order valence-corrected chi connectivity index (χ1v) is 8.74. The minimum atomic E-state index is -0.319. The number of anilines is 1. The summed E-state index contributed by atoms with van der Waals surface area (Å²) in [6, 6.07) is 13.0. The Morgan fingerprint density at radius 2 is 2.04 bits per heavy atom. The van der Waals surface area contributed by atoms with E-state index >= 15 is 0 Å². The highest BCUT2D eigenvalue weighted by Gasteiger charge is 2.32. The molecule has 0 radical (unpaired) electrons. The lowest BCUT2D eigenvalue weighted by molar-refractivity contribution is 0.416. The van der Waals surface area contributed by atoms with E-state index in [0.29, 0.717) is 23.0 Å². The van der Waals surface area contributed by atoms with Crippen LogP contribution in [-0.4, -0.2) is 14.8 Å². The van der Waals surface area contributed by atoms with Crippen molar-refractivity contribution in [3.8, 4) is 0 Å². The number of hydrogen-bond acceptors (Lipinski definition) is 3. The van der Waals surface area contributed by atoms with E-state index in [1.807, 2.05) is 0 Å². The number of halogens is 2. The fraction of sp³-hybridized carbons (Fsp3) is 0.263. The van der Waals surface area contributed by atoms with E-state index < -0.39 is 0 Å². The molecule has 3 aromatic rings. The van der Waals surface area contributed by atoms with E-state index in [0.717, 1.165) is 12.0 Å². The second-order valence-electron chi connectivity index (χ2n) is 6.21. The zero-order valence-electron chi connectivity index (χ0n) is 13.8. The van der Waals surface area contributed by atoms with Crippen molar-refractivity contribution in [3.63, 3.8) is 0 Å². The van der Waals surface area contributed by atoms with Gasteiger partial charge < -0.3 is 5.32 Å². The SMILES string of the molecule is CCc1ccc(C2CC(c3c(F)cccc3Cl)n3ncnc3N2)cc1. The number of benzene rings is 2. The first-order chi connectivity index (χ1) is 12.2. The van der Waals surface area contributed by atoms with Crippen molar-refractivity contribution < 1.29 is 4.39 Å².